The van der Waals surface area contributed by atoms with E-state index in [1.807, 2.05) is 35.7 Å². The van der Waals surface area contributed by atoms with Crippen LogP contribution in [-0.2, 0) is 10.2 Å². The van der Waals surface area contributed by atoms with Crippen LogP contribution < -0.4 is 5.32 Å². The lowest BCUT2D eigenvalue weighted by Crippen LogP contribution is -2.27. The Bertz CT molecular complexity index is 518. The minimum Gasteiger partial charge on any atom is -0.301 e. The van der Waals surface area contributed by atoms with Gasteiger partial charge in [-0.2, -0.15) is 0 Å². The number of carbonyl (C=O) groups excluding carboxylic acids is 1. The standard InChI is InChI=1S/C13H12N2OS/c16-11(15-12-14-8-9-17-12)13(6-7-13)10-4-2-1-3-5-10/h1-5,8-9H,6-7H2,(H,14,15,16). The first kappa shape index (κ1) is 10.5. The van der Waals surface area contributed by atoms with Crippen LogP contribution in [-0.4, -0.2) is 10.9 Å². The summed E-state index contributed by atoms with van der Waals surface area (Å²) in [6.07, 6.45) is 3.55. The zero-order valence-corrected chi connectivity index (χ0v) is 10.0. The van der Waals surface area contributed by atoms with Crippen LogP contribution >= 0.6 is 11.3 Å². The Balaban J connectivity index is 1.82. The van der Waals surface area contributed by atoms with Crippen molar-refractivity contribution in [3.8, 4) is 0 Å². The maximum absolute atomic E-state index is 12.3. The van der Waals surface area contributed by atoms with Crippen molar-refractivity contribution >= 4 is 22.4 Å². The molecule has 0 atom stereocenters. The molecule has 4 heteroatoms. The smallest absolute Gasteiger partial charge is 0.236 e. The van der Waals surface area contributed by atoms with E-state index < -0.39 is 0 Å². The number of aromatic nitrogens is 1. The number of carbonyl (C=O) groups is 1. The summed E-state index contributed by atoms with van der Waals surface area (Å²) in [5.74, 6) is 0.0682. The molecular weight excluding hydrogens is 232 g/mol. The van der Waals surface area contributed by atoms with E-state index in [9.17, 15) is 4.79 Å². The third-order valence-electron chi connectivity index (χ3n) is 3.16. The second-order valence-corrected chi connectivity index (χ2v) is 5.13. The third kappa shape index (κ3) is 1.85. The van der Waals surface area contributed by atoms with Crippen LogP contribution in [0.5, 0.6) is 0 Å². The molecule has 2 aromatic rings. The predicted octanol–water partition coefficient (Wildman–Crippen LogP) is 2.81. The van der Waals surface area contributed by atoms with Gasteiger partial charge >= 0.3 is 0 Å². The molecule has 86 valence electrons. The van der Waals surface area contributed by atoms with E-state index in [4.69, 9.17) is 0 Å². The topological polar surface area (TPSA) is 42.0 Å². The highest BCUT2D eigenvalue weighted by atomic mass is 32.1. The van der Waals surface area contributed by atoms with E-state index >= 15 is 0 Å². The van der Waals surface area contributed by atoms with Gasteiger partial charge in [-0.1, -0.05) is 30.3 Å². The van der Waals surface area contributed by atoms with E-state index in [2.05, 4.69) is 10.3 Å². The summed E-state index contributed by atoms with van der Waals surface area (Å²) in [6.45, 7) is 0. The summed E-state index contributed by atoms with van der Waals surface area (Å²) in [6, 6.07) is 9.97. The lowest BCUT2D eigenvalue weighted by Gasteiger charge is -2.14. The zero-order chi connectivity index (χ0) is 11.7. The molecule has 0 aliphatic heterocycles. The fraction of sp³-hybridized carbons (Fsp3) is 0.231. The molecule has 1 heterocycles. The molecule has 1 amide bonds. The summed E-state index contributed by atoms with van der Waals surface area (Å²) in [5, 5.41) is 5.43. The number of amides is 1. The molecular formula is C13H12N2OS. The summed E-state index contributed by atoms with van der Waals surface area (Å²) in [5.41, 5.74) is 0.793. The average molecular weight is 244 g/mol. The van der Waals surface area contributed by atoms with Crippen LogP contribution in [0.25, 0.3) is 0 Å². The summed E-state index contributed by atoms with van der Waals surface area (Å²) in [7, 11) is 0. The van der Waals surface area contributed by atoms with Gasteiger partial charge in [-0.15, -0.1) is 11.3 Å². The van der Waals surface area contributed by atoms with E-state index in [0.29, 0.717) is 5.13 Å². The van der Waals surface area contributed by atoms with Gasteiger partial charge in [0.25, 0.3) is 0 Å². The normalized spacial score (nSPS) is 16.5. The van der Waals surface area contributed by atoms with Crippen molar-refractivity contribution in [2.45, 2.75) is 18.3 Å². The highest BCUT2D eigenvalue weighted by molar-refractivity contribution is 7.13. The van der Waals surface area contributed by atoms with Crippen molar-refractivity contribution in [1.29, 1.82) is 0 Å². The second-order valence-electron chi connectivity index (χ2n) is 4.24. The first-order chi connectivity index (χ1) is 8.31. The number of nitrogens with zero attached hydrogens (tertiary/aromatic N) is 1. The molecule has 0 spiro atoms. The van der Waals surface area contributed by atoms with E-state index in [0.717, 1.165) is 18.4 Å². The molecule has 0 saturated heterocycles. The first-order valence-electron chi connectivity index (χ1n) is 5.58. The predicted molar refractivity (Wildman–Crippen MR) is 68.1 cm³/mol. The second kappa shape index (κ2) is 3.96. The fourth-order valence-electron chi connectivity index (χ4n) is 2.03. The van der Waals surface area contributed by atoms with Crippen molar-refractivity contribution < 1.29 is 4.79 Å². The van der Waals surface area contributed by atoms with Crippen molar-refractivity contribution in [3.63, 3.8) is 0 Å². The summed E-state index contributed by atoms with van der Waals surface area (Å²) < 4.78 is 0. The summed E-state index contributed by atoms with van der Waals surface area (Å²) >= 11 is 1.45. The Kier molecular flexibility index (Phi) is 2.44. The molecule has 1 N–H and O–H groups in total. The van der Waals surface area contributed by atoms with E-state index in [-0.39, 0.29) is 11.3 Å². The van der Waals surface area contributed by atoms with Crippen molar-refractivity contribution in [2.24, 2.45) is 0 Å². The molecule has 1 fully saturated rings. The molecule has 1 saturated carbocycles. The Morgan fingerprint density at radius 3 is 2.65 bits per heavy atom. The lowest BCUT2D eigenvalue weighted by atomic mass is 9.95. The van der Waals surface area contributed by atoms with E-state index in [1.54, 1.807) is 6.20 Å². The number of anilines is 1. The Morgan fingerprint density at radius 1 is 1.29 bits per heavy atom. The SMILES string of the molecule is O=C(Nc1nccs1)C1(c2ccccc2)CC1. The fourth-order valence-corrected chi connectivity index (χ4v) is 2.55. The van der Waals surface area contributed by atoms with Crippen LogP contribution in [0, 0.1) is 0 Å². The number of hydrogen-bond donors (Lipinski definition) is 1. The number of nitrogens with one attached hydrogen (secondary N) is 1. The monoisotopic (exact) mass is 244 g/mol. The van der Waals surface area contributed by atoms with Gasteiger partial charge in [0, 0.05) is 11.6 Å². The number of benzene rings is 1. The van der Waals surface area contributed by atoms with Crippen molar-refractivity contribution in [1.82, 2.24) is 4.98 Å². The van der Waals surface area contributed by atoms with Crippen LogP contribution in [0.2, 0.25) is 0 Å². The van der Waals surface area contributed by atoms with Crippen LogP contribution in [0.4, 0.5) is 5.13 Å². The minimum absolute atomic E-state index is 0.0682. The molecule has 0 radical (unpaired) electrons. The van der Waals surface area contributed by atoms with Gasteiger partial charge in [-0.3, -0.25) is 4.79 Å². The third-order valence-corrected chi connectivity index (χ3v) is 3.85. The first-order valence-corrected chi connectivity index (χ1v) is 6.46. The zero-order valence-electron chi connectivity index (χ0n) is 9.22. The van der Waals surface area contributed by atoms with Gasteiger partial charge in [-0.25, -0.2) is 4.98 Å². The van der Waals surface area contributed by atoms with Gasteiger partial charge in [0.1, 0.15) is 0 Å². The molecule has 1 aromatic heterocycles. The number of rotatable bonds is 3. The Hall–Kier alpha value is -1.68. The number of thiazole rings is 1. The molecule has 1 aromatic carbocycles. The molecule has 0 bridgehead atoms. The minimum atomic E-state index is -0.313. The van der Waals surface area contributed by atoms with Gasteiger partial charge in [-0.05, 0) is 18.4 Å². The van der Waals surface area contributed by atoms with Gasteiger partial charge in [0.15, 0.2) is 5.13 Å². The largest absolute Gasteiger partial charge is 0.301 e. The van der Waals surface area contributed by atoms with Crippen LogP contribution in [0.15, 0.2) is 41.9 Å². The van der Waals surface area contributed by atoms with Crippen LogP contribution in [0.3, 0.4) is 0 Å². The molecule has 17 heavy (non-hydrogen) atoms. The molecule has 1 aliphatic rings. The van der Waals surface area contributed by atoms with E-state index in [1.165, 1.54) is 11.3 Å². The lowest BCUT2D eigenvalue weighted by molar-refractivity contribution is -0.118. The highest BCUT2D eigenvalue weighted by Crippen LogP contribution is 2.48. The van der Waals surface area contributed by atoms with Gasteiger partial charge in [0.2, 0.25) is 5.91 Å². The molecule has 1 aliphatic carbocycles. The van der Waals surface area contributed by atoms with Gasteiger partial charge < -0.3 is 5.32 Å². The maximum atomic E-state index is 12.3. The summed E-state index contributed by atoms with van der Waals surface area (Å²) in [4.78, 5) is 16.3. The Morgan fingerprint density at radius 2 is 2.06 bits per heavy atom. The highest BCUT2D eigenvalue weighted by Gasteiger charge is 2.51. The van der Waals surface area contributed by atoms with Crippen molar-refractivity contribution in [2.75, 3.05) is 5.32 Å². The Labute approximate surface area is 104 Å². The van der Waals surface area contributed by atoms with Crippen LogP contribution in [0.1, 0.15) is 18.4 Å². The average Bonchev–Trinajstić information content (AvgIpc) is 3.04. The van der Waals surface area contributed by atoms with Crippen molar-refractivity contribution in [3.05, 3.63) is 47.5 Å². The maximum Gasteiger partial charge on any atom is 0.236 e. The quantitative estimate of drug-likeness (QED) is 0.902. The number of hydrogen-bond acceptors (Lipinski definition) is 3. The van der Waals surface area contributed by atoms with Gasteiger partial charge in [0.05, 0.1) is 5.41 Å². The molecule has 0 unspecified atom stereocenters. The molecule has 3 nitrogen and oxygen atoms in total. The molecule has 3 rings (SSSR count).